The van der Waals surface area contributed by atoms with Crippen LogP contribution >= 0.6 is 11.3 Å². The highest BCUT2D eigenvalue weighted by molar-refractivity contribution is 7.89. The summed E-state index contributed by atoms with van der Waals surface area (Å²) in [7, 11) is -3.34. The number of ether oxygens (including phenoxy) is 1. The van der Waals surface area contributed by atoms with Crippen LogP contribution < -0.4 is 4.74 Å². The molecule has 0 spiro atoms. The van der Waals surface area contributed by atoms with E-state index in [4.69, 9.17) is 4.74 Å². The van der Waals surface area contributed by atoms with Crippen molar-refractivity contribution in [2.75, 3.05) is 25.4 Å². The maximum absolute atomic E-state index is 12.8. The molecule has 2 heterocycles. The van der Waals surface area contributed by atoms with Gasteiger partial charge < -0.3 is 4.74 Å². The van der Waals surface area contributed by atoms with Crippen LogP contribution in [0.4, 0.5) is 4.39 Å². The molecule has 0 aliphatic carbocycles. The number of halogens is 1. The van der Waals surface area contributed by atoms with E-state index in [2.05, 4.69) is 4.98 Å². The lowest BCUT2D eigenvalue weighted by Gasteiger charge is -2.30. The van der Waals surface area contributed by atoms with Crippen LogP contribution in [0.15, 0.2) is 35.8 Å². The van der Waals surface area contributed by atoms with Gasteiger partial charge in [0.05, 0.1) is 10.8 Å². The van der Waals surface area contributed by atoms with E-state index in [1.807, 2.05) is 5.38 Å². The third kappa shape index (κ3) is 4.31. The van der Waals surface area contributed by atoms with Gasteiger partial charge in [-0.1, -0.05) is 0 Å². The van der Waals surface area contributed by atoms with E-state index in [1.165, 1.54) is 28.6 Å². The third-order valence-electron chi connectivity index (χ3n) is 4.07. The monoisotopic (exact) mass is 370 g/mol. The van der Waals surface area contributed by atoms with Crippen LogP contribution in [-0.4, -0.2) is 43.2 Å². The molecule has 0 bridgehead atoms. The van der Waals surface area contributed by atoms with Crippen molar-refractivity contribution in [3.8, 4) is 5.75 Å². The Morgan fingerprint density at radius 3 is 2.58 bits per heavy atom. The standard InChI is InChI=1S/C16H19FN2O3S2/c17-14-1-3-15(4-2-14)22-10-12-24(20,21)19-8-5-13(6-9-19)16-18-7-11-23-16/h1-4,7,11,13H,5-6,8-10,12H2. The number of nitrogens with zero attached hydrogens (tertiary/aromatic N) is 2. The van der Waals surface area contributed by atoms with Crippen LogP contribution in [0, 0.1) is 5.82 Å². The smallest absolute Gasteiger partial charge is 0.217 e. The maximum atomic E-state index is 12.8. The van der Waals surface area contributed by atoms with Gasteiger partial charge in [0.15, 0.2) is 0 Å². The lowest BCUT2D eigenvalue weighted by molar-refractivity contribution is 0.307. The second-order valence-corrected chi connectivity index (χ2v) is 8.68. The molecule has 0 N–H and O–H groups in total. The number of rotatable bonds is 6. The minimum atomic E-state index is -3.34. The summed E-state index contributed by atoms with van der Waals surface area (Å²) < 4.78 is 44.5. The van der Waals surface area contributed by atoms with Crippen LogP contribution in [0.2, 0.25) is 0 Å². The number of benzene rings is 1. The number of sulfonamides is 1. The summed E-state index contributed by atoms with van der Waals surface area (Å²) in [6, 6.07) is 5.55. The lowest BCUT2D eigenvalue weighted by Crippen LogP contribution is -2.40. The molecule has 0 atom stereocenters. The van der Waals surface area contributed by atoms with Crippen LogP contribution in [-0.2, 0) is 10.0 Å². The summed E-state index contributed by atoms with van der Waals surface area (Å²) in [5.41, 5.74) is 0. The van der Waals surface area contributed by atoms with Crippen molar-refractivity contribution in [1.29, 1.82) is 0 Å². The van der Waals surface area contributed by atoms with Gasteiger partial charge in [-0.2, -0.15) is 0 Å². The van der Waals surface area contributed by atoms with Gasteiger partial charge in [0.25, 0.3) is 0 Å². The molecular weight excluding hydrogens is 351 g/mol. The van der Waals surface area contributed by atoms with E-state index in [0.717, 1.165) is 17.8 Å². The zero-order chi connectivity index (χ0) is 17.0. The lowest BCUT2D eigenvalue weighted by atomic mass is 9.99. The highest BCUT2D eigenvalue weighted by Crippen LogP contribution is 2.30. The maximum Gasteiger partial charge on any atom is 0.217 e. The summed E-state index contributed by atoms with van der Waals surface area (Å²) in [6.07, 6.45) is 3.38. The molecule has 3 rings (SSSR count). The van der Waals surface area contributed by atoms with Crippen LogP contribution in [0.5, 0.6) is 5.75 Å². The van der Waals surface area contributed by atoms with Crippen molar-refractivity contribution in [1.82, 2.24) is 9.29 Å². The van der Waals surface area contributed by atoms with E-state index in [9.17, 15) is 12.8 Å². The first-order valence-corrected chi connectivity index (χ1v) is 10.3. The molecule has 1 aromatic carbocycles. The topological polar surface area (TPSA) is 59.5 Å². The van der Waals surface area contributed by atoms with Gasteiger partial charge in [-0.3, -0.25) is 0 Å². The van der Waals surface area contributed by atoms with Gasteiger partial charge in [0, 0.05) is 30.6 Å². The summed E-state index contributed by atoms with van der Waals surface area (Å²) in [5, 5.41) is 3.04. The Labute approximate surface area is 145 Å². The Morgan fingerprint density at radius 1 is 1.25 bits per heavy atom. The molecule has 130 valence electrons. The van der Waals surface area contributed by atoms with Crippen molar-refractivity contribution >= 4 is 21.4 Å². The van der Waals surface area contributed by atoms with Crippen molar-refractivity contribution in [3.05, 3.63) is 46.7 Å². The van der Waals surface area contributed by atoms with Crippen molar-refractivity contribution in [2.24, 2.45) is 0 Å². The SMILES string of the molecule is O=S(=O)(CCOc1ccc(F)cc1)N1CCC(c2nccs2)CC1. The predicted molar refractivity (Wildman–Crippen MR) is 91.3 cm³/mol. The minimum Gasteiger partial charge on any atom is -0.492 e. The van der Waals surface area contributed by atoms with Gasteiger partial charge >= 0.3 is 0 Å². The minimum absolute atomic E-state index is 0.0559. The van der Waals surface area contributed by atoms with E-state index < -0.39 is 10.0 Å². The second-order valence-electron chi connectivity index (χ2n) is 5.66. The average Bonchev–Trinajstić information content (AvgIpc) is 3.11. The number of hydrogen-bond donors (Lipinski definition) is 0. The Hall–Kier alpha value is -1.51. The molecule has 1 saturated heterocycles. The Bertz CT molecular complexity index is 740. The van der Waals surface area contributed by atoms with Gasteiger partial charge in [-0.15, -0.1) is 11.3 Å². The molecule has 1 fully saturated rings. The number of hydrogen-bond acceptors (Lipinski definition) is 5. The predicted octanol–water partition coefficient (Wildman–Crippen LogP) is 2.87. The number of piperidine rings is 1. The molecule has 0 saturated carbocycles. The van der Waals surface area contributed by atoms with E-state index in [1.54, 1.807) is 17.5 Å². The zero-order valence-corrected chi connectivity index (χ0v) is 14.7. The van der Waals surface area contributed by atoms with Gasteiger partial charge in [0.2, 0.25) is 10.0 Å². The molecule has 0 unspecified atom stereocenters. The largest absolute Gasteiger partial charge is 0.492 e. The van der Waals surface area contributed by atoms with E-state index in [-0.39, 0.29) is 18.2 Å². The zero-order valence-electron chi connectivity index (χ0n) is 13.1. The van der Waals surface area contributed by atoms with Crippen LogP contribution in [0.25, 0.3) is 0 Å². The number of aromatic nitrogens is 1. The molecule has 1 aliphatic rings. The molecular formula is C16H19FN2O3S2. The average molecular weight is 370 g/mol. The van der Waals surface area contributed by atoms with Crippen molar-refractivity contribution in [2.45, 2.75) is 18.8 Å². The molecule has 1 aliphatic heterocycles. The number of thiazole rings is 1. The molecule has 5 nitrogen and oxygen atoms in total. The Balaban J connectivity index is 1.48. The normalized spacial score (nSPS) is 17.0. The summed E-state index contributed by atoms with van der Waals surface area (Å²) in [6.45, 7) is 1.09. The Morgan fingerprint density at radius 2 is 1.96 bits per heavy atom. The van der Waals surface area contributed by atoms with Gasteiger partial charge in [0.1, 0.15) is 18.2 Å². The molecule has 8 heteroatoms. The molecule has 0 radical (unpaired) electrons. The summed E-state index contributed by atoms with van der Waals surface area (Å²) in [4.78, 5) is 4.32. The molecule has 24 heavy (non-hydrogen) atoms. The third-order valence-corrected chi connectivity index (χ3v) is 6.84. The fourth-order valence-electron chi connectivity index (χ4n) is 2.74. The first-order valence-electron chi connectivity index (χ1n) is 7.80. The van der Waals surface area contributed by atoms with E-state index in [0.29, 0.717) is 24.8 Å². The first-order chi connectivity index (χ1) is 11.5. The highest BCUT2D eigenvalue weighted by Gasteiger charge is 2.29. The fourth-order valence-corrected chi connectivity index (χ4v) is 4.87. The van der Waals surface area contributed by atoms with Gasteiger partial charge in [-0.05, 0) is 37.1 Å². The van der Waals surface area contributed by atoms with Gasteiger partial charge in [-0.25, -0.2) is 22.1 Å². The van der Waals surface area contributed by atoms with Crippen molar-refractivity contribution in [3.63, 3.8) is 0 Å². The highest BCUT2D eigenvalue weighted by atomic mass is 32.2. The summed E-state index contributed by atoms with van der Waals surface area (Å²) >= 11 is 1.62. The van der Waals surface area contributed by atoms with Crippen LogP contribution in [0.1, 0.15) is 23.8 Å². The molecule has 2 aromatic rings. The first kappa shape index (κ1) is 17.3. The van der Waals surface area contributed by atoms with Crippen LogP contribution in [0.3, 0.4) is 0 Å². The molecule has 0 amide bonds. The quantitative estimate of drug-likeness (QED) is 0.785. The Kier molecular flexibility index (Phi) is 5.47. The molecule has 1 aromatic heterocycles. The van der Waals surface area contributed by atoms with E-state index >= 15 is 0 Å². The second kappa shape index (κ2) is 7.58. The summed E-state index contributed by atoms with van der Waals surface area (Å²) in [5.74, 6) is 0.394. The fraction of sp³-hybridized carbons (Fsp3) is 0.438. The van der Waals surface area contributed by atoms with Crippen molar-refractivity contribution < 1.29 is 17.5 Å².